The Kier molecular flexibility index (Phi) is 7.43. The highest BCUT2D eigenvalue weighted by Crippen LogP contribution is 2.27. The number of anilines is 1. The number of carbonyl (C=O) groups excluding carboxylic acids is 1. The van der Waals surface area contributed by atoms with Crippen LogP contribution in [0.25, 0.3) is 5.65 Å². The quantitative estimate of drug-likeness (QED) is 0.584. The number of aliphatic carboxylic acids is 1. The zero-order chi connectivity index (χ0) is 25.9. The maximum Gasteiger partial charge on any atom is 0.490 e. The van der Waals surface area contributed by atoms with Crippen molar-refractivity contribution in [3.63, 3.8) is 0 Å². The summed E-state index contributed by atoms with van der Waals surface area (Å²) >= 11 is 0. The van der Waals surface area contributed by atoms with Crippen molar-refractivity contribution in [2.24, 2.45) is 0 Å². The summed E-state index contributed by atoms with van der Waals surface area (Å²) in [6, 6.07) is 11.9. The molecule has 1 amide bonds. The zero-order valence-corrected chi connectivity index (χ0v) is 19.6. The summed E-state index contributed by atoms with van der Waals surface area (Å²) in [5, 5.41) is 11.9. The number of carboxylic acids is 1. The number of aromatic nitrogens is 3. The first kappa shape index (κ1) is 25.4. The van der Waals surface area contributed by atoms with Crippen LogP contribution in [-0.2, 0) is 9.53 Å². The number of rotatable bonds is 3. The van der Waals surface area contributed by atoms with Gasteiger partial charge in [0.25, 0.3) is 5.91 Å². The molecule has 36 heavy (non-hydrogen) atoms. The van der Waals surface area contributed by atoms with Crippen LogP contribution in [-0.4, -0.2) is 82.1 Å². The summed E-state index contributed by atoms with van der Waals surface area (Å²) in [6.45, 7) is 6.72. The van der Waals surface area contributed by atoms with E-state index in [0.29, 0.717) is 6.54 Å². The fourth-order valence-electron chi connectivity index (χ4n) is 4.19. The Bertz CT molecular complexity index is 1240. The van der Waals surface area contributed by atoms with E-state index in [-0.39, 0.29) is 11.8 Å². The number of halogens is 3. The van der Waals surface area contributed by atoms with Crippen LogP contribution in [0.3, 0.4) is 0 Å². The van der Waals surface area contributed by atoms with Crippen LogP contribution in [0.1, 0.15) is 34.1 Å². The molecule has 192 valence electrons. The maximum atomic E-state index is 12.8. The summed E-state index contributed by atoms with van der Waals surface area (Å²) in [6.07, 6.45) is -2.15. The number of hydrogen-bond donors (Lipinski definition) is 1. The van der Waals surface area contributed by atoms with Crippen molar-refractivity contribution in [2.45, 2.75) is 25.4 Å². The van der Waals surface area contributed by atoms with Gasteiger partial charge in [-0.2, -0.15) is 18.3 Å². The minimum atomic E-state index is -5.08. The van der Waals surface area contributed by atoms with E-state index in [1.54, 1.807) is 0 Å². The lowest BCUT2D eigenvalue weighted by molar-refractivity contribution is -0.192. The average Bonchev–Trinajstić information content (AvgIpc) is 3.51. The second kappa shape index (κ2) is 10.5. The van der Waals surface area contributed by atoms with E-state index in [0.717, 1.165) is 67.6 Å². The molecule has 2 fully saturated rings. The number of benzene rings is 1. The molecule has 3 aromatic rings. The third-order valence-corrected chi connectivity index (χ3v) is 6.06. The van der Waals surface area contributed by atoms with Crippen LogP contribution in [0.15, 0.2) is 42.6 Å². The minimum absolute atomic E-state index is 0.0922. The van der Waals surface area contributed by atoms with Gasteiger partial charge in [-0.25, -0.2) is 14.3 Å². The molecule has 0 bridgehead atoms. The van der Waals surface area contributed by atoms with E-state index in [9.17, 15) is 18.0 Å². The van der Waals surface area contributed by atoms with Gasteiger partial charge >= 0.3 is 12.1 Å². The van der Waals surface area contributed by atoms with Crippen LogP contribution < -0.4 is 4.90 Å². The molecular weight excluding hydrogens is 479 g/mol. The summed E-state index contributed by atoms with van der Waals surface area (Å²) in [7, 11) is 0. The lowest BCUT2D eigenvalue weighted by Gasteiger charge is -2.28. The van der Waals surface area contributed by atoms with Gasteiger partial charge in [-0.3, -0.25) is 4.79 Å². The van der Waals surface area contributed by atoms with Crippen LogP contribution in [0.4, 0.5) is 18.9 Å². The molecule has 5 rings (SSSR count). The van der Waals surface area contributed by atoms with Gasteiger partial charge < -0.3 is 19.6 Å². The SMILES string of the molecule is Cc1cccc(C(=O)N2CCC(c3nc4ccc(N5CCOCC5)cn4n3)C2)c1.O=C(O)C(F)(F)F. The van der Waals surface area contributed by atoms with Crippen molar-refractivity contribution < 1.29 is 32.6 Å². The maximum absolute atomic E-state index is 12.8. The fraction of sp³-hybridized carbons (Fsp3) is 0.417. The van der Waals surface area contributed by atoms with Crippen molar-refractivity contribution in [1.82, 2.24) is 19.5 Å². The monoisotopic (exact) mass is 505 g/mol. The Morgan fingerprint density at radius 2 is 1.83 bits per heavy atom. The van der Waals surface area contributed by atoms with Crippen molar-refractivity contribution in [3.05, 3.63) is 59.5 Å². The number of ether oxygens (including phenoxy) is 1. The highest BCUT2D eigenvalue weighted by atomic mass is 19.4. The number of likely N-dealkylation sites (tertiary alicyclic amines) is 1. The van der Waals surface area contributed by atoms with E-state index >= 15 is 0 Å². The van der Waals surface area contributed by atoms with Crippen molar-refractivity contribution in [1.29, 1.82) is 0 Å². The highest BCUT2D eigenvalue weighted by molar-refractivity contribution is 5.94. The van der Waals surface area contributed by atoms with E-state index in [2.05, 4.69) is 11.0 Å². The molecule has 0 saturated carbocycles. The number of amides is 1. The van der Waals surface area contributed by atoms with Crippen molar-refractivity contribution in [2.75, 3.05) is 44.3 Å². The van der Waals surface area contributed by atoms with Crippen molar-refractivity contribution >= 4 is 23.2 Å². The predicted molar refractivity (Wildman–Crippen MR) is 124 cm³/mol. The topological polar surface area (TPSA) is 100 Å². The second-order valence-corrected chi connectivity index (χ2v) is 8.67. The molecule has 2 aromatic heterocycles. The van der Waals surface area contributed by atoms with Gasteiger partial charge in [0, 0.05) is 37.7 Å². The highest BCUT2D eigenvalue weighted by Gasteiger charge is 2.38. The third kappa shape index (κ3) is 5.93. The summed E-state index contributed by atoms with van der Waals surface area (Å²) in [5.41, 5.74) is 3.84. The molecule has 1 N–H and O–H groups in total. The number of alkyl halides is 3. The standard InChI is InChI=1S/C22H25N5O2.C2HF3O2/c1-16-3-2-4-17(13-16)22(28)26-8-7-18(14-26)21-23-20-6-5-19(15-27(20)24-21)25-9-11-29-12-10-25;3-2(4,5)1(6)7/h2-6,13,15,18H,7-12,14H2,1H3;(H,6,7). The van der Waals surface area contributed by atoms with E-state index in [1.807, 2.05) is 52.9 Å². The molecule has 0 aliphatic carbocycles. The number of fused-ring (bicyclic) bond motifs is 1. The Labute approximate surface area is 205 Å². The molecular formula is C24H26F3N5O4. The largest absolute Gasteiger partial charge is 0.490 e. The van der Waals surface area contributed by atoms with Gasteiger partial charge in [0.2, 0.25) is 0 Å². The third-order valence-electron chi connectivity index (χ3n) is 6.06. The van der Waals surface area contributed by atoms with E-state index < -0.39 is 12.1 Å². The fourth-order valence-corrected chi connectivity index (χ4v) is 4.19. The minimum Gasteiger partial charge on any atom is -0.475 e. The number of morpholine rings is 1. The number of aryl methyl sites for hydroxylation is 1. The lowest BCUT2D eigenvalue weighted by Crippen LogP contribution is -2.36. The molecule has 2 aliphatic heterocycles. The molecule has 0 spiro atoms. The van der Waals surface area contributed by atoms with Gasteiger partial charge in [-0.05, 0) is 37.6 Å². The van der Waals surface area contributed by atoms with Gasteiger partial charge in [0.05, 0.1) is 25.1 Å². The van der Waals surface area contributed by atoms with Gasteiger partial charge in [-0.1, -0.05) is 17.7 Å². The summed E-state index contributed by atoms with van der Waals surface area (Å²) < 4.78 is 39.0. The Hall–Kier alpha value is -3.67. The molecule has 2 aliphatic rings. The van der Waals surface area contributed by atoms with Crippen LogP contribution in [0.5, 0.6) is 0 Å². The van der Waals surface area contributed by atoms with Gasteiger partial charge in [0.1, 0.15) is 0 Å². The predicted octanol–water partition coefficient (Wildman–Crippen LogP) is 3.14. The lowest BCUT2D eigenvalue weighted by atomic mass is 10.1. The number of carboxylic acid groups (broad SMARTS) is 1. The molecule has 1 unspecified atom stereocenters. The van der Waals surface area contributed by atoms with Gasteiger partial charge in [0.15, 0.2) is 11.5 Å². The van der Waals surface area contributed by atoms with Crippen LogP contribution in [0.2, 0.25) is 0 Å². The van der Waals surface area contributed by atoms with Crippen LogP contribution in [0, 0.1) is 6.92 Å². The molecule has 2 saturated heterocycles. The number of nitrogens with zero attached hydrogens (tertiary/aromatic N) is 5. The van der Waals surface area contributed by atoms with Crippen molar-refractivity contribution in [3.8, 4) is 0 Å². The first-order chi connectivity index (χ1) is 17.1. The molecule has 1 aromatic carbocycles. The Morgan fingerprint density at radius 3 is 2.50 bits per heavy atom. The van der Waals surface area contributed by atoms with Gasteiger partial charge in [-0.15, -0.1) is 0 Å². The van der Waals surface area contributed by atoms with E-state index in [4.69, 9.17) is 24.7 Å². The first-order valence-corrected chi connectivity index (χ1v) is 11.5. The molecule has 4 heterocycles. The smallest absolute Gasteiger partial charge is 0.475 e. The Balaban J connectivity index is 0.000000384. The zero-order valence-electron chi connectivity index (χ0n) is 19.6. The number of hydrogen-bond acceptors (Lipinski definition) is 6. The number of carbonyl (C=O) groups is 2. The molecule has 9 nitrogen and oxygen atoms in total. The second-order valence-electron chi connectivity index (χ2n) is 8.67. The molecule has 12 heteroatoms. The number of pyridine rings is 1. The van der Waals surface area contributed by atoms with Crippen LogP contribution >= 0.6 is 0 Å². The Morgan fingerprint density at radius 1 is 1.11 bits per heavy atom. The average molecular weight is 505 g/mol. The summed E-state index contributed by atoms with van der Waals surface area (Å²) in [5.74, 6) is -1.67. The molecule has 0 radical (unpaired) electrons. The first-order valence-electron chi connectivity index (χ1n) is 11.5. The van der Waals surface area contributed by atoms with E-state index in [1.165, 1.54) is 0 Å². The summed E-state index contributed by atoms with van der Waals surface area (Å²) in [4.78, 5) is 30.7. The molecule has 1 atom stereocenters. The normalized spacial score (nSPS) is 18.2.